The standard InChI is InChI=1S/C15H11BrFN3O/c1-8-11(5-10(16)6-13(8)19)15(21)20-14-3-2-9(7-18)4-12(14)17/h2-6H,19H2,1H3,(H,20,21). The van der Waals surface area contributed by atoms with Gasteiger partial charge >= 0.3 is 0 Å². The Kier molecular flexibility index (Phi) is 4.24. The second-order valence-electron chi connectivity index (χ2n) is 4.43. The van der Waals surface area contributed by atoms with Gasteiger partial charge in [0.05, 0.1) is 17.3 Å². The predicted octanol–water partition coefficient (Wildman–Crippen LogP) is 3.60. The lowest BCUT2D eigenvalue weighted by atomic mass is 10.1. The van der Waals surface area contributed by atoms with Gasteiger partial charge in [-0.05, 0) is 42.8 Å². The zero-order chi connectivity index (χ0) is 15.6. The fourth-order valence-corrected chi connectivity index (χ4v) is 2.29. The number of nitrogen functional groups attached to an aromatic ring is 1. The zero-order valence-corrected chi connectivity index (χ0v) is 12.7. The van der Waals surface area contributed by atoms with Crippen LogP contribution in [-0.2, 0) is 0 Å². The molecule has 2 aromatic carbocycles. The first-order valence-electron chi connectivity index (χ1n) is 5.99. The summed E-state index contributed by atoms with van der Waals surface area (Å²) in [5, 5.41) is 11.2. The Morgan fingerprint density at radius 3 is 2.71 bits per heavy atom. The van der Waals surface area contributed by atoms with Gasteiger partial charge in [0.15, 0.2) is 0 Å². The van der Waals surface area contributed by atoms with Crippen LogP contribution < -0.4 is 11.1 Å². The van der Waals surface area contributed by atoms with E-state index in [9.17, 15) is 9.18 Å². The number of hydrogen-bond donors (Lipinski definition) is 2. The number of rotatable bonds is 2. The van der Waals surface area contributed by atoms with Crippen LogP contribution in [0, 0.1) is 24.1 Å². The largest absolute Gasteiger partial charge is 0.398 e. The molecule has 0 saturated carbocycles. The first-order valence-corrected chi connectivity index (χ1v) is 6.78. The molecule has 0 aliphatic heterocycles. The minimum absolute atomic E-state index is 0.0111. The van der Waals surface area contributed by atoms with Crippen molar-refractivity contribution in [2.75, 3.05) is 11.1 Å². The average Bonchev–Trinajstić information content (AvgIpc) is 2.44. The Morgan fingerprint density at radius 1 is 1.38 bits per heavy atom. The maximum atomic E-state index is 13.8. The van der Waals surface area contributed by atoms with E-state index >= 15 is 0 Å². The van der Waals surface area contributed by atoms with Gasteiger partial charge in [-0.15, -0.1) is 0 Å². The second-order valence-corrected chi connectivity index (χ2v) is 5.34. The third kappa shape index (κ3) is 3.20. The van der Waals surface area contributed by atoms with Crippen LogP contribution in [0.15, 0.2) is 34.8 Å². The summed E-state index contributed by atoms with van der Waals surface area (Å²) in [7, 11) is 0. The number of carbonyl (C=O) groups is 1. The third-order valence-electron chi connectivity index (χ3n) is 3.00. The summed E-state index contributed by atoms with van der Waals surface area (Å²) >= 11 is 3.26. The molecule has 2 rings (SSSR count). The quantitative estimate of drug-likeness (QED) is 0.814. The first-order chi connectivity index (χ1) is 9.92. The van der Waals surface area contributed by atoms with Crippen LogP contribution in [0.1, 0.15) is 21.5 Å². The van der Waals surface area contributed by atoms with Crippen LogP contribution >= 0.6 is 15.9 Å². The van der Waals surface area contributed by atoms with E-state index in [0.29, 0.717) is 21.3 Å². The zero-order valence-electron chi connectivity index (χ0n) is 11.1. The van der Waals surface area contributed by atoms with Crippen LogP contribution in [0.2, 0.25) is 0 Å². The number of hydrogen-bond acceptors (Lipinski definition) is 3. The number of benzene rings is 2. The van der Waals surface area contributed by atoms with Gasteiger partial charge in [0.25, 0.3) is 5.91 Å². The van der Waals surface area contributed by atoms with Crippen molar-refractivity contribution >= 4 is 33.2 Å². The molecular weight excluding hydrogens is 337 g/mol. The van der Waals surface area contributed by atoms with Crippen LogP contribution in [0.3, 0.4) is 0 Å². The SMILES string of the molecule is Cc1c(N)cc(Br)cc1C(=O)Nc1ccc(C#N)cc1F. The highest BCUT2D eigenvalue weighted by Crippen LogP contribution is 2.24. The minimum atomic E-state index is -0.664. The molecule has 0 heterocycles. The predicted molar refractivity (Wildman–Crippen MR) is 82.4 cm³/mol. The number of nitriles is 1. The Morgan fingerprint density at radius 2 is 2.10 bits per heavy atom. The highest BCUT2D eigenvalue weighted by atomic mass is 79.9. The number of nitrogens with two attached hydrogens (primary N) is 1. The highest BCUT2D eigenvalue weighted by molar-refractivity contribution is 9.10. The smallest absolute Gasteiger partial charge is 0.256 e. The number of halogens is 2. The van der Waals surface area contributed by atoms with E-state index in [1.165, 1.54) is 12.1 Å². The molecule has 0 unspecified atom stereocenters. The molecule has 0 radical (unpaired) electrons. The maximum Gasteiger partial charge on any atom is 0.256 e. The van der Waals surface area contributed by atoms with E-state index in [2.05, 4.69) is 21.2 Å². The molecule has 21 heavy (non-hydrogen) atoms. The lowest BCUT2D eigenvalue weighted by Crippen LogP contribution is -2.15. The van der Waals surface area contributed by atoms with Crippen LogP contribution in [-0.4, -0.2) is 5.91 Å². The Bertz CT molecular complexity index is 768. The van der Waals surface area contributed by atoms with Gasteiger partial charge in [-0.3, -0.25) is 4.79 Å². The van der Waals surface area contributed by atoms with E-state index in [1.807, 2.05) is 6.07 Å². The fourth-order valence-electron chi connectivity index (χ4n) is 1.81. The molecule has 0 saturated heterocycles. The topological polar surface area (TPSA) is 78.9 Å². The van der Waals surface area contributed by atoms with Crippen LogP contribution in [0.5, 0.6) is 0 Å². The number of nitrogens with zero attached hydrogens (tertiary/aromatic N) is 1. The average molecular weight is 348 g/mol. The Balaban J connectivity index is 2.33. The molecule has 0 aromatic heterocycles. The lowest BCUT2D eigenvalue weighted by molar-refractivity contribution is 0.102. The maximum absolute atomic E-state index is 13.8. The van der Waals surface area contributed by atoms with Crippen molar-refractivity contribution in [3.05, 3.63) is 57.3 Å². The van der Waals surface area contributed by atoms with E-state index in [-0.39, 0.29) is 11.3 Å². The highest BCUT2D eigenvalue weighted by Gasteiger charge is 2.14. The molecule has 106 valence electrons. The van der Waals surface area contributed by atoms with E-state index in [4.69, 9.17) is 11.0 Å². The molecule has 3 N–H and O–H groups in total. The Hall–Kier alpha value is -2.39. The van der Waals surface area contributed by atoms with Gasteiger partial charge in [-0.2, -0.15) is 5.26 Å². The molecule has 4 nitrogen and oxygen atoms in total. The van der Waals surface area contributed by atoms with Crippen molar-refractivity contribution in [2.45, 2.75) is 6.92 Å². The van der Waals surface area contributed by atoms with Crippen molar-refractivity contribution in [1.29, 1.82) is 5.26 Å². The summed E-state index contributed by atoms with van der Waals surface area (Å²) in [6.45, 7) is 1.71. The number of carbonyl (C=O) groups excluding carboxylic acids is 1. The molecule has 0 aliphatic rings. The minimum Gasteiger partial charge on any atom is -0.398 e. The molecule has 0 spiro atoms. The summed E-state index contributed by atoms with van der Waals surface area (Å²) in [5.74, 6) is -1.13. The van der Waals surface area contributed by atoms with Gasteiger partial charge in [0.1, 0.15) is 5.82 Å². The van der Waals surface area contributed by atoms with Gasteiger partial charge in [-0.25, -0.2) is 4.39 Å². The van der Waals surface area contributed by atoms with Crippen LogP contribution in [0.25, 0.3) is 0 Å². The molecule has 0 atom stereocenters. The fraction of sp³-hybridized carbons (Fsp3) is 0.0667. The van der Waals surface area contributed by atoms with Gasteiger partial charge in [0.2, 0.25) is 0 Å². The van der Waals surface area contributed by atoms with Crippen molar-refractivity contribution in [2.24, 2.45) is 0 Å². The summed E-state index contributed by atoms with van der Waals surface area (Å²) < 4.78 is 14.4. The van der Waals surface area contributed by atoms with Crippen molar-refractivity contribution < 1.29 is 9.18 Å². The monoisotopic (exact) mass is 347 g/mol. The van der Waals surface area contributed by atoms with E-state index in [1.54, 1.807) is 19.1 Å². The lowest BCUT2D eigenvalue weighted by Gasteiger charge is -2.11. The number of anilines is 2. The van der Waals surface area contributed by atoms with E-state index in [0.717, 1.165) is 6.07 Å². The summed E-state index contributed by atoms with van der Waals surface area (Å²) in [6.07, 6.45) is 0. The van der Waals surface area contributed by atoms with E-state index < -0.39 is 11.7 Å². The van der Waals surface area contributed by atoms with Crippen molar-refractivity contribution in [1.82, 2.24) is 0 Å². The third-order valence-corrected chi connectivity index (χ3v) is 3.46. The van der Waals surface area contributed by atoms with Crippen molar-refractivity contribution in [3.63, 3.8) is 0 Å². The van der Waals surface area contributed by atoms with Crippen molar-refractivity contribution in [3.8, 4) is 6.07 Å². The number of amides is 1. The molecule has 1 amide bonds. The molecule has 2 aromatic rings. The molecule has 0 bridgehead atoms. The Labute approximate surface area is 129 Å². The molecular formula is C15H11BrFN3O. The van der Waals surface area contributed by atoms with Gasteiger partial charge in [0, 0.05) is 15.7 Å². The van der Waals surface area contributed by atoms with Gasteiger partial charge < -0.3 is 11.1 Å². The van der Waals surface area contributed by atoms with Gasteiger partial charge in [-0.1, -0.05) is 15.9 Å². The summed E-state index contributed by atoms with van der Waals surface area (Å²) in [4.78, 5) is 12.2. The first kappa shape index (κ1) is 15.0. The molecule has 0 fully saturated rings. The second kappa shape index (κ2) is 5.94. The normalized spacial score (nSPS) is 10.0. The van der Waals surface area contributed by atoms with Crippen LogP contribution in [0.4, 0.5) is 15.8 Å². The number of nitrogens with one attached hydrogen (secondary N) is 1. The molecule has 6 heteroatoms. The summed E-state index contributed by atoms with van der Waals surface area (Å²) in [5.41, 5.74) is 7.44. The molecule has 0 aliphatic carbocycles. The summed E-state index contributed by atoms with van der Waals surface area (Å²) in [6, 6.07) is 8.98.